The molecule has 1 unspecified atom stereocenters. The number of hydrogen-bond acceptors (Lipinski definition) is 4. The Morgan fingerprint density at radius 2 is 2.33 bits per heavy atom. The van der Waals surface area contributed by atoms with Crippen molar-refractivity contribution < 1.29 is 9.90 Å². The minimum absolute atomic E-state index is 0.109. The van der Waals surface area contributed by atoms with E-state index in [-0.39, 0.29) is 5.69 Å². The van der Waals surface area contributed by atoms with Crippen LogP contribution in [0.2, 0.25) is 0 Å². The van der Waals surface area contributed by atoms with Crippen molar-refractivity contribution in [3.63, 3.8) is 0 Å². The van der Waals surface area contributed by atoms with Crippen molar-refractivity contribution in [3.8, 4) is 0 Å². The number of likely N-dealkylation sites (N-methyl/N-ethyl adjacent to an activating group) is 1. The summed E-state index contributed by atoms with van der Waals surface area (Å²) in [7, 11) is 2.08. The molecule has 0 aliphatic carbocycles. The molecule has 0 bridgehead atoms. The maximum absolute atomic E-state index is 11.1. The molecule has 94 valence electrons. The number of nitrogens with zero attached hydrogens (tertiary/aromatic N) is 4. The van der Waals surface area contributed by atoms with Crippen LogP contribution < -0.4 is 0 Å². The van der Waals surface area contributed by atoms with Crippen LogP contribution in [0.15, 0.2) is 18.3 Å². The van der Waals surface area contributed by atoms with Crippen molar-refractivity contribution in [3.05, 3.63) is 29.7 Å². The minimum Gasteiger partial charge on any atom is -0.476 e. The molecular formula is C12H14N4O2. The SMILES string of the molecule is CN1CCC(c2ccc3ncc(C(=O)O)n3n2)C1. The fourth-order valence-electron chi connectivity index (χ4n) is 2.43. The highest BCUT2D eigenvalue weighted by Gasteiger charge is 2.23. The number of hydrogen-bond donors (Lipinski definition) is 1. The molecule has 3 rings (SSSR count). The van der Waals surface area contributed by atoms with Crippen LogP contribution in [-0.2, 0) is 0 Å². The second-order valence-electron chi connectivity index (χ2n) is 4.72. The summed E-state index contributed by atoms with van der Waals surface area (Å²) in [6.45, 7) is 2.02. The average Bonchev–Trinajstić information content (AvgIpc) is 2.93. The second kappa shape index (κ2) is 4.06. The zero-order valence-corrected chi connectivity index (χ0v) is 10.1. The van der Waals surface area contributed by atoms with E-state index in [1.807, 2.05) is 12.1 Å². The minimum atomic E-state index is -1.00. The average molecular weight is 246 g/mol. The number of aromatic nitrogens is 3. The van der Waals surface area contributed by atoms with Crippen LogP contribution in [0, 0.1) is 0 Å². The van der Waals surface area contributed by atoms with Crippen molar-refractivity contribution in [2.24, 2.45) is 0 Å². The highest BCUT2D eigenvalue weighted by atomic mass is 16.4. The molecule has 1 aliphatic rings. The number of carboxylic acid groups (broad SMARTS) is 1. The van der Waals surface area contributed by atoms with Gasteiger partial charge in [-0.25, -0.2) is 14.3 Å². The van der Waals surface area contributed by atoms with E-state index >= 15 is 0 Å². The molecule has 1 aliphatic heterocycles. The fraction of sp³-hybridized carbons (Fsp3) is 0.417. The van der Waals surface area contributed by atoms with Gasteiger partial charge in [-0.15, -0.1) is 0 Å². The first-order chi connectivity index (χ1) is 8.65. The molecule has 0 aromatic carbocycles. The molecule has 6 nitrogen and oxygen atoms in total. The Balaban J connectivity index is 2.04. The van der Waals surface area contributed by atoms with E-state index in [1.54, 1.807) is 0 Å². The zero-order chi connectivity index (χ0) is 12.7. The van der Waals surface area contributed by atoms with Gasteiger partial charge in [0.15, 0.2) is 11.3 Å². The van der Waals surface area contributed by atoms with Gasteiger partial charge in [0.2, 0.25) is 0 Å². The van der Waals surface area contributed by atoms with E-state index < -0.39 is 5.97 Å². The molecule has 2 aromatic heterocycles. The van der Waals surface area contributed by atoms with Crippen molar-refractivity contribution in [2.45, 2.75) is 12.3 Å². The van der Waals surface area contributed by atoms with Gasteiger partial charge in [0, 0.05) is 12.5 Å². The monoisotopic (exact) mass is 246 g/mol. The zero-order valence-electron chi connectivity index (χ0n) is 10.1. The summed E-state index contributed by atoms with van der Waals surface area (Å²) in [4.78, 5) is 17.3. The normalized spacial score (nSPS) is 20.6. The molecule has 6 heteroatoms. The van der Waals surface area contributed by atoms with Gasteiger partial charge in [-0.2, -0.15) is 5.10 Å². The first-order valence-corrected chi connectivity index (χ1v) is 5.91. The maximum atomic E-state index is 11.1. The van der Waals surface area contributed by atoms with Gasteiger partial charge in [0.25, 0.3) is 0 Å². The Morgan fingerprint density at radius 1 is 1.50 bits per heavy atom. The van der Waals surface area contributed by atoms with E-state index in [9.17, 15) is 4.79 Å². The topological polar surface area (TPSA) is 70.7 Å². The van der Waals surface area contributed by atoms with Crippen molar-refractivity contribution in [1.82, 2.24) is 19.5 Å². The number of imidazole rings is 1. The fourth-order valence-corrected chi connectivity index (χ4v) is 2.43. The third kappa shape index (κ3) is 1.74. The van der Waals surface area contributed by atoms with E-state index in [1.165, 1.54) is 10.7 Å². The molecule has 0 saturated carbocycles. The van der Waals surface area contributed by atoms with Crippen LogP contribution in [0.25, 0.3) is 5.65 Å². The number of carbonyl (C=O) groups is 1. The maximum Gasteiger partial charge on any atom is 0.356 e. The molecule has 1 saturated heterocycles. The first-order valence-electron chi connectivity index (χ1n) is 5.91. The summed E-state index contributed by atoms with van der Waals surface area (Å²) < 4.78 is 1.41. The lowest BCUT2D eigenvalue weighted by molar-refractivity contribution is 0.0688. The van der Waals surface area contributed by atoms with Crippen LogP contribution in [0.1, 0.15) is 28.5 Å². The summed E-state index contributed by atoms with van der Waals surface area (Å²) in [6, 6.07) is 3.77. The highest BCUT2D eigenvalue weighted by Crippen LogP contribution is 2.24. The molecule has 0 amide bonds. The highest BCUT2D eigenvalue weighted by molar-refractivity contribution is 5.86. The van der Waals surface area contributed by atoms with Crippen LogP contribution >= 0.6 is 0 Å². The molecule has 3 heterocycles. The Morgan fingerprint density at radius 3 is 3.00 bits per heavy atom. The third-order valence-electron chi connectivity index (χ3n) is 3.41. The number of carboxylic acids is 1. The van der Waals surface area contributed by atoms with Crippen molar-refractivity contribution in [1.29, 1.82) is 0 Å². The molecule has 1 N–H and O–H groups in total. The van der Waals surface area contributed by atoms with E-state index in [0.29, 0.717) is 11.6 Å². The molecular weight excluding hydrogens is 232 g/mol. The van der Waals surface area contributed by atoms with Crippen LogP contribution in [-0.4, -0.2) is 50.7 Å². The second-order valence-corrected chi connectivity index (χ2v) is 4.72. The Bertz CT molecular complexity index is 607. The van der Waals surface area contributed by atoms with Gasteiger partial charge < -0.3 is 10.0 Å². The largest absolute Gasteiger partial charge is 0.476 e. The van der Waals surface area contributed by atoms with Gasteiger partial charge in [-0.3, -0.25) is 0 Å². The molecule has 0 spiro atoms. The van der Waals surface area contributed by atoms with E-state index in [0.717, 1.165) is 25.2 Å². The van der Waals surface area contributed by atoms with Crippen LogP contribution in [0.4, 0.5) is 0 Å². The lowest BCUT2D eigenvalue weighted by Gasteiger charge is -2.10. The Labute approximate surface area is 104 Å². The molecule has 1 fully saturated rings. The van der Waals surface area contributed by atoms with Gasteiger partial charge in [-0.05, 0) is 32.1 Å². The molecule has 0 radical (unpaired) electrons. The third-order valence-corrected chi connectivity index (χ3v) is 3.41. The Hall–Kier alpha value is -1.95. The van der Waals surface area contributed by atoms with Gasteiger partial charge >= 0.3 is 5.97 Å². The number of aromatic carboxylic acids is 1. The van der Waals surface area contributed by atoms with Gasteiger partial charge in [-0.1, -0.05) is 0 Å². The van der Waals surface area contributed by atoms with Gasteiger partial charge in [0.1, 0.15) is 0 Å². The first kappa shape index (κ1) is 11.2. The summed E-state index contributed by atoms with van der Waals surface area (Å²) in [5.41, 5.74) is 1.62. The standard InChI is InChI=1S/C12H14N4O2/c1-15-5-4-8(7-15)9-2-3-11-13-6-10(12(17)18)16(11)14-9/h2-3,6,8H,4-5,7H2,1H3,(H,17,18). The summed E-state index contributed by atoms with van der Waals surface area (Å²) in [5, 5.41) is 13.5. The lowest BCUT2D eigenvalue weighted by Crippen LogP contribution is -2.14. The van der Waals surface area contributed by atoms with Crippen molar-refractivity contribution in [2.75, 3.05) is 20.1 Å². The summed E-state index contributed by atoms with van der Waals surface area (Å²) in [5.74, 6) is -0.626. The Kier molecular flexibility index (Phi) is 2.52. The quantitative estimate of drug-likeness (QED) is 0.850. The summed E-state index contributed by atoms with van der Waals surface area (Å²) >= 11 is 0. The molecule has 1 atom stereocenters. The summed E-state index contributed by atoms with van der Waals surface area (Å²) in [6.07, 6.45) is 2.40. The smallest absolute Gasteiger partial charge is 0.356 e. The van der Waals surface area contributed by atoms with E-state index in [2.05, 4.69) is 22.0 Å². The molecule has 18 heavy (non-hydrogen) atoms. The predicted molar refractivity (Wildman–Crippen MR) is 64.8 cm³/mol. The van der Waals surface area contributed by atoms with Crippen molar-refractivity contribution >= 4 is 11.6 Å². The number of fused-ring (bicyclic) bond motifs is 1. The van der Waals surface area contributed by atoms with E-state index in [4.69, 9.17) is 5.11 Å². The molecule has 2 aromatic rings. The van der Waals surface area contributed by atoms with Crippen LogP contribution in [0.5, 0.6) is 0 Å². The number of rotatable bonds is 2. The van der Waals surface area contributed by atoms with Gasteiger partial charge in [0.05, 0.1) is 11.9 Å². The number of likely N-dealkylation sites (tertiary alicyclic amines) is 1. The lowest BCUT2D eigenvalue weighted by atomic mass is 10.1. The van der Waals surface area contributed by atoms with Crippen LogP contribution in [0.3, 0.4) is 0 Å². The predicted octanol–water partition coefficient (Wildman–Crippen LogP) is 0.847.